The van der Waals surface area contributed by atoms with Gasteiger partial charge < -0.3 is 15.5 Å². The molecule has 0 saturated carbocycles. The van der Waals surface area contributed by atoms with Crippen LogP contribution in [0.5, 0.6) is 0 Å². The van der Waals surface area contributed by atoms with E-state index >= 15 is 0 Å². The van der Waals surface area contributed by atoms with Gasteiger partial charge in [-0.15, -0.1) is 0 Å². The Bertz CT molecular complexity index is 664. The molecule has 0 aromatic heterocycles. The SMILES string of the molecule is Cc1cccc(NC(=S)NC2CC[NH+](Cc3ccccc3)CC2)c1. The molecule has 0 amide bonds. The van der Waals surface area contributed by atoms with E-state index in [-0.39, 0.29) is 0 Å². The Kier molecular flexibility index (Phi) is 5.83. The van der Waals surface area contributed by atoms with Crippen molar-refractivity contribution in [2.24, 2.45) is 0 Å². The van der Waals surface area contributed by atoms with E-state index in [2.05, 4.69) is 60.0 Å². The summed E-state index contributed by atoms with van der Waals surface area (Å²) in [4.78, 5) is 1.66. The Morgan fingerprint density at radius 1 is 1.08 bits per heavy atom. The molecule has 1 fully saturated rings. The van der Waals surface area contributed by atoms with Gasteiger partial charge in [0.05, 0.1) is 13.1 Å². The highest BCUT2D eigenvalue weighted by molar-refractivity contribution is 7.80. The summed E-state index contributed by atoms with van der Waals surface area (Å²) in [5.41, 5.74) is 3.72. The van der Waals surface area contributed by atoms with E-state index in [0.29, 0.717) is 6.04 Å². The first-order valence-corrected chi connectivity index (χ1v) is 9.11. The van der Waals surface area contributed by atoms with E-state index < -0.39 is 0 Å². The van der Waals surface area contributed by atoms with E-state index in [0.717, 1.165) is 30.2 Å². The Balaban J connectivity index is 1.42. The summed E-state index contributed by atoms with van der Waals surface area (Å²) in [6.45, 7) is 5.60. The second kappa shape index (κ2) is 8.27. The normalized spacial score (nSPS) is 20.4. The molecule has 2 aromatic carbocycles. The van der Waals surface area contributed by atoms with Crippen LogP contribution in [0.2, 0.25) is 0 Å². The molecule has 1 aliphatic heterocycles. The van der Waals surface area contributed by atoms with Gasteiger partial charge in [-0.3, -0.25) is 0 Å². The summed E-state index contributed by atoms with van der Waals surface area (Å²) >= 11 is 5.47. The van der Waals surface area contributed by atoms with Crippen molar-refractivity contribution in [3.8, 4) is 0 Å². The molecular formula is C20H26N3S+. The van der Waals surface area contributed by atoms with Crippen molar-refractivity contribution >= 4 is 23.0 Å². The molecule has 1 saturated heterocycles. The summed E-state index contributed by atoms with van der Waals surface area (Å²) in [6, 6.07) is 19.5. The van der Waals surface area contributed by atoms with Crippen molar-refractivity contribution in [1.82, 2.24) is 5.32 Å². The zero-order chi connectivity index (χ0) is 16.8. The first-order valence-electron chi connectivity index (χ1n) is 8.71. The number of quaternary nitrogens is 1. The van der Waals surface area contributed by atoms with Gasteiger partial charge in [0.1, 0.15) is 6.54 Å². The summed E-state index contributed by atoms with van der Waals surface area (Å²) in [6.07, 6.45) is 2.33. The highest BCUT2D eigenvalue weighted by Crippen LogP contribution is 2.10. The van der Waals surface area contributed by atoms with Crippen molar-refractivity contribution in [3.63, 3.8) is 0 Å². The molecule has 0 spiro atoms. The molecule has 0 aliphatic carbocycles. The predicted molar refractivity (Wildman–Crippen MR) is 104 cm³/mol. The average molecular weight is 341 g/mol. The molecule has 0 unspecified atom stereocenters. The summed E-state index contributed by atoms with van der Waals surface area (Å²) < 4.78 is 0. The van der Waals surface area contributed by atoms with Crippen LogP contribution in [-0.2, 0) is 6.54 Å². The van der Waals surface area contributed by atoms with Gasteiger partial charge in [-0.25, -0.2) is 0 Å². The van der Waals surface area contributed by atoms with E-state index in [1.807, 2.05) is 12.1 Å². The number of thiocarbonyl (C=S) groups is 1. The number of rotatable bonds is 4. The molecule has 0 atom stereocenters. The standard InChI is InChI=1S/C20H25N3S/c1-16-6-5-9-19(14-16)22-20(24)21-18-10-12-23(13-11-18)15-17-7-3-2-4-8-17/h2-9,14,18H,10-13,15H2,1H3,(H2,21,22,24)/p+1. The minimum Gasteiger partial charge on any atom is -0.359 e. The summed E-state index contributed by atoms with van der Waals surface area (Å²) in [5.74, 6) is 0. The number of hydrogen-bond acceptors (Lipinski definition) is 1. The minimum absolute atomic E-state index is 0.481. The van der Waals surface area contributed by atoms with Gasteiger partial charge in [0.15, 0.2) is 5.11 Å². The third-order valence-electron chi connectivity index (χ3n) is 4.60. The quantitative estimate of drug-likeness (QED) is 0.747. The topological polar surface area (TPSA) is 28.5 Å². The lowest BCUT2D eigenvalue weighted by Crippen LogP contribution is -3.12. The molecule has 24 heavy (non-hydrogen) atoms. The number of nitrogens with one attached hydrogen (secondary N) is 3. The first kappa shape index (κ1) is 16.9. The van der Waals surface area contributed by atoms with Crippen molar-refractivity contribution < 1.29 is 4.90 Å². The molecule has 126 valence electrons. The Morgan fingerprint density at radius 3 is 2.54 bits per heavy atom. The van der Waals surface area contributed by atoms with Gasteiger partial charge in [-0.2, -0.15) is 0 Å². The maximum Gasteiger partial charge on any atom is 0.171 e. The molecular weight excluding hydrogens is 314 g/mol. The highest BCUT2D eigenvalue weighted by Gasteiger charge is 2.22. The van der Waals surface area contributed by atoms with Gasteiger partial charge in [-0.1, -0.05) is 42.5 Å². The van der Waals surface area contributed by atoms with Crippen molar-refractivity contribution in [2.45, 2.75) is 32.4 Å². The van der Waals surface area contributed by atoms with Gasteiger partial charge >= 0.3 is 0 Å². The van der Waals surface area contributed by atoms with Crippen LogP contribution < -0.4 is 15.5 Å². The zero-order valence-electron chi connectivity index (χ0n) is 14.2. The largest absolute Gasteiger partial charge is 0.359 e. The third kappa shape index (κ3) is 5.05. The molecule has 3 nitrogen and oxygen atoms in total. The number of aryl methyl sites for hydroxylation is 1. The van der Waals surface area contributed by atoms with E-state index in [9.17, 15) is 0 Å². The fourth-order valence-electron chi connectivity index (χ4n) is 3.31. The van der Waals surface area contributed by atoms with Crippen LogP contribution in [0.15, 0.2) is 54.6 Å². The van der Waals surface area contributed by atoms with Crippen LogP contribution in [0, 0.1) is 6.92 Å². The molecule has 4 heteroatoms. The Labute approximate surface area is 150 Å². The van der Waals surface area contributed by atoms with Crippen LogP contribution in [0.3, 0.4) is 0 Å². The smallest absolute Gasteiger partial charge is 0.171 e. The second-order valence-corrected chi connectivity index (χ2v) is 7.06. The van der Waals surface area contributed by atoms with Crippen LogP contribution in [0.4, 0.5) is 5.69 Å². The number of anilines is 1. The lowest BCUT2D eigenvalue weighted by Gasteiger charge is -2.30. The third-order valence-corrected chi connectivity index (χ3v) is 4.82. The van der Waals surface area contributed by atoms with Crippen LogP contribution in [0.1, 0.15) is 24.0 Å². The van der Waals surface area contributed by atoms with Crippen LogP contribution in [-0.4, -0.2) is 24.2 Å². The molecule has 1 aliphatic rings. The summed E-state index contributed by atoms with van der Waals surface area (Å²) in [7, 11) is 0. The molecule has 0 radical (unpaired) electrons. The van der Waals surface area contributed by atoms with E-state index in [1.54, 1.807) is 4.90 Å². The predicted octanol–water partition coefficient (Wildman–Crippen LogP) is 2.53. The monoisotopic (exact) mass is 340 g/mol. The lowest BCUT2D eigenvalue weighted by molar-refractivity contribution is -0.918. The molecule has 0 bridgehead atoms. The van der Waals surface area contributed by atoms with Crippen molar-refractivity contribution in [2.75, 3.05) is 18.4 Å². The number of piperidine rings is 1. The lowest BCUT2D eigenvalue weighted by atomic mass is 10.0. The number of benzene rings is 2. The average Bonchev–Trinajstić information content (AvgIpc) is 2.57. The van der Waals surface area contributed by atoms with Crippen LogP contribution >= 0.6 is 12.2 Å². The van der Waals surface area contributed by atoms with Crippen molar-refractivity contribution in [3.05, 3.63) is 65.7 Å². The Morgan fingerprint density at radius 2 is 1.83 bits per heavy atom. The molecule has 1 heterocycles. The minimum atomic E-state index is 0.481. The highest BCUT2D eigenvalue weighted by atomic mass is 32.1. The van der Waals surface area contributed by atoms with E-state index in [4.69, 9.17) is 12.2 Å². The summed E-state index contributed by atoms with van der Waals surface area (Å²) in [5, 5.41) is 7.51. The maximum absolute atomic E-state index is 5.47. The number of hydrogen-bond donors (Lipinski definition) is 3. The fraction of sp³-hybridized carbons (Fsp3) is 0.350. The van der Waals surface area contributed by atoms with E-state index in [1.165, 1.54) is 24.2 Å². The van der Waals surface area contributed by atoms with Gasteiger partial charge in [0.25, 0.3) is 0 Å². The van der Waals surface area contributed by atoms with Gasteiger partial charge in [0, 0.05) is 30.1 Å². The first-order chi connectivity index (χ1) is 11.7. The van der Waals surface area contributed by atoms with Crippen LogP contribution in [0.25, 0.3) is 0 Å². The van der Waals surface area contributed by atoms with Gasteiger partial charge in [-0.05, 0) is 36.8 Å². The zero-order valence-corrected chi connectivity index (χ0v) is 15.0. The van der Waals surface area contributed by atoms with Crippen molar-refractivity contribution in [1.29, 1.82) is 0 Å². The Hall–Kier alpha value is -1.91. The second-order valence-electron chi connectivity index (χ2n) is 6.65. The maximum atomic E-state index is 5.47. The fourth-order valence-corrected chi connectivity index (χ4v) is 3.59. The molecule has 3 rings (SSSR count). The molecule has 2 aromatic rings. The molecule has 3 N–H and O–H groups in total. The van der Waals surface area contributed by atoms with Gasteiger partial charge in [0.2, 0.25) is 0 Å². The number of likely N-dealkylation sites (tertiary alicyclic amines) is 1.